The number of likely N-dealkylation sites (tertiary alicyclic amines) is 1. The molecule has 8 heteroatoms. The minimum absolute atomic E-state index is 0.166. The van der Waals surface area contributed by atoms with Crippen LogP contribution in [0.15, 0.2) is 18.2 Å². The number of halogens is 1. The fourth-order valence-electron chi connectivity index (χ4n) is 6.20. The number of carbonyl (C=O) groups excluding carboxylic acids is 3. The minimum atomic E-state index is -1.43. The van der Waals surface area contributed by atoms with E-state index >= 15 is 0 Å². The second-order valence-corrected chi connectivity index (χ2v) is 9.19. The quantitative estimate of drug-likeness (QED) is 0.486. The average Bonchev–Trinajstić information content (AvgIpc) is 3.18. The van der Waals surface area contributed by atoms with Crippen molar-refractivity contribution in [2.75, 3.05) is 5.32 Å². The first-order chi connectivity index (χ1) is 14.4. The molecule has 1 saturated carbocycles. The largest absolute Gasteiger partial charge is 0.387 e. The lowest BCUT2D eigenvalue weighted by atomic mass is 9.76. The summed E-state index contributed by atoms with van der Waals surface area (Å²) in [4.78, 5) is 41.8. The second-order valence-electron chi connectivity index (χ2n) is 9.19. The number of quaternary nitrogens is 1. The van der Waals surface area contributed by atoms with Crippen LogP contribution < -0.4 is 10.6 Å². The molecule has 1 aromatic carbocycles. The van der Waals surface area contributed by atoms with Gasteiger partial charge in [-0.05, 0) is 38.0 Å². The number of aliphatic hydroxyl groups is 1. The number of fused-ring (bicyclic) bond motifs is 4. The van der Waals surface area contributed by atoms with Gasteiger partial charge in [-0.25, -0.2) is 4.39 Å². The summed E-state index contributed by atoms with van der Waals surface area (Å²) in [5, 5.41) is 14.9. The van der Waals surface area contributed by atoms with Gasteiger partial charge in [0.05, 0.1) is 5.69 Å². The number of nitrogens with two attached hydrogens (primary N) is 1. The lowest BCUT2D eigenvalue weighted by molar-refractivity contribution is -0.738. The number of hydrogen-bond donors (Lipinski definition) is 3. The van der Waals surface area contributed by atoms with Crippen molar-refractivity contribution in [1.82, 2.24) is 4.90 Å². The molecule has 1 spiro atoms. The molecule has 30 heavy (non-hydrogen) atoms. The van der Waals surface area contributed by atoms with E-state index in [-0.39, 0.29) is 17.9 Å². The third-order valence-corrected chi connectivity index (χ3v) is 7.54. The molecule has 2 saturated heterocycles. The Balaban J connectivity index is 1.63. The lowest BCUT2D eigenvalue weighted by Crippen LogP contribution is -3.00. The van der Waals surface area contributed by atoms with Gasteiger partial charge in [-0.15, -0.1) is 0 Å². The van der Waals surface area contributed by atoms with Crippen molar-refractivity contribution in [3.05, 3.63) is 29.6 Å². The number of hydrogen-bond acceptors (Lipinski definition) is 4. The Morgan fingerprint density at radius 3 is 2.53 bits per heavy atom. The summed E-state index contributed by atoms with van der Waals surface area (Å²) in [5.74, 6) is -3.34. The van der Waals surface area contributed by atoms with Gasteiger partial charge in [-0.1, -0.05) is 25.7 Å². The Labute approximate surface area is 174 Å². The van der Waals surface area contributed by atoms with Crippen molar-refractivity contribution < 1.29 is 29.2 Å². The van der Waals surface area contributed by atoms with Gasteiger partial charge in [0.15, 0.2) is 0 Å². The van der Waals surface area contributed by atoms with Gasteiger partial charge in [0.1, 0.15) is 29.8 Å². The van der Waals surface area contributed by atoms with E-state index in [4.69, 9.17) is 0 Å². The molecule has 7 nitrogen and oxygen atoms in total. The molecular weight excluding hydrogens is 389 g/mol. The number of rotatable bonds is 2. The summed E-state index contributed by atoms with van der Waals surface area (Å²) >= 11 is 0. The van der Waals surface area contributed by atoms with Crippen LogP contribution in [0, 0.1) is 17.7 Å². The molecule has 0 unspecified atom stereocenters. The SMILES string of the molecule is C[C@@H](O)[C@@H]1[NH2+][C@]2(C(=O)Nc3ccc(F)cc32)[C@@H]2C(=O)N(C3CCCCCC3)C(=O)[C@H]12. The number of amides is 3. The summed E-state index contributed by atoms with van der Waals surface area (Å²) in [6.07, 6.45) is 4.72. The van der Waals surface area contributed by atoms with Gasteiger partial charge in [-0.2, -0.15) is 0 Å². The molecule has 3 fully saturated rings. The molecule has 1 aliphatic carbocycles. The number of benzene rings is 1. The summed E-state index contributed by atoms with van der Waals surface area (Å²) in [6, 6.07) is 3.21. The standard InChI is InChI=1S/C22H26FN3O4/c1-11(27)18-16-17(20(29)26(19(16)28)13-6-4-2-3-5-7-13)22(25-18)14-10-12(23)8-9-15(14)24-21(22)30/h8-11,13,16-18,25,27H,2-7H2,1H3,(H,24,30)/p+1/t11-,16+,17+,18+,22+/m1/s1. The minimum Gasteiger partial charge on any atom is -0.387 e. The predicted octanol–water partition coefficient (Wildman–Crippen LogP) is 0.623. The van der Waals surface area contributed by atoms with E-state index in [0.717, 1.165) is 38.5 Å². The van der Waals surface area contributed by atoms with Crippen LogP contribution in [-0.2, 0) is 19.9 Å². The number of nitrogens with one attached hydrogen (secondary N) is 1. The van der Waals surface area contributed by atoms with Crippen LogP contribution in [-0.4, -0.2) is 45.9 Å². The van der Waals surface area contributed by atoms with Gasteiger partial charge < -0.3 is 15.7 Å². The molecule has 3 aliphatic heterocycles. The van der Waals surface area contributed by atoms with Crippen molar-refractivity contribution in [1.29, 1.82) is 0 Å². The molecule has 4 aliphatic rings. The van der Waals surface area contributed by atoms with Crippen molar-refractivity contribution in [2.45, 2.75) is 69.2 Å². The Kier molecular flexibility index (Phi) is 4.48. The lowest BCUT2D eigenvalue weighted by Gasteiger charge is -2.30. The van der Waals surface area contributed by atoms with Gasteiger partial charge in [0.2, 0.25) is 17.4 Å². The first kappa shape index (κ1) is 19.6. The summed E-state index contributed by atoms with van der Waals surface area (Å²) < 4.78 is 14.1. The molecule has 5 atom stereocenters. The highest BCUT2D eigenvalue weighted by molar-refractivity contribution is 6.14. The van der Waals surface area contributed by atoms with Crippen LogP contribution in [0.25, 0.3) is 0 Å². The molecule has 0 radical (unpaired) electrons. The van der Waals surface area contributed by atoms with Crippen LogP contribution in [0.5, 0.6) is 0 Å². The van der Waals surface area contributed by atoms with E-state index in [1.807, 2.05) is 0 Å². The first-order valence-electron chi connectivity index (χ1n) is 10.9. The zero-order chi connectivity index (χ0) is 21.2. The van der Waals surface area contributed by atoms with Crippen molar-refractivity contribution >= 4 is 23.4 Å². The zero-order valence-electron chi connectivity index (χ0n) is 16.9. The highest BCUT2D eigenvalue weighted by Gasteiger charge is 2.75. The Hall–Kier alpha value is -2.32. The molecule has 0 aromatic heterocycles. The maximum atomic E-state index is 14.1. The van der Waals surface area contributed by atoms with Crippen LogP contribution in [0.2, 0.25) is 0 Å². The normalized spacial score (nSPS) is 34.8. The van der Waals surface area contributed by atoms with Crippen LogP contribution in [0.4, 0.5) is 10.1 Å². The maximum Gasteiger partial charge on any atom is 0.291 e. The molecule has 3 heterocycles. The Bertz CT molecular complexity index is 927. The molecule has 0 bridgehead atoms. The molecule has 3 amide bonds. The number of nitrogens with zero attached hydrogens (tertiary/aromatic N) is 1. The predicted molar refractivity (Wildman–Crippen MR) is 104 cm³/mol. The van der Waals surface area contributed by atoms with Crippen molar-refractivity contribution in [3.8, 4) is 0 Å². The Morgan fingerprint density at radius 2 is 1.87 bits per heavy atom. The third kappa shape index (κ3) is 2.53. The van der Waals surface area contributed by atoms with E-state index in [9.17, 15) is 23.9 Å². The Morgan fingerprint density at radius 1 is 1.17 bits per heavy atom. The fourth-order valence-corrected chi connectivity index (χ4v) is 6.20. The molecule has 5 rings (SSSR count). The van der Waals surface area contributed by atoms with Crippen molar-refractivity contribution in [2.24, 2.45) is 11.8 Å². The molecule has 160 valence electrons. The molecule has 1 aromatic rings. The summed E-state index contributed by atoms with van der Waals surface area (Å²) in [7, 11) is 0. The summed E-state index contributed by atoms with van der Waals surface area (Å²) in [5.41, 5.74) is -0.596. The topological polar surface area (TPSA) is 103 Å². The van der Waals surface area contributed by atoms with Gasteiger partial charge in [0, 0.05) is 11.6 Å². The highest BCUT2D eigenvalue weighted by atomic mass is 19.1. The monoisotopic (exact) mass is 416 g/mol. The van der Waals surface area contributed by atoms with Crippen LogP contribution in [0.1, 0.15) is 51.0 Å². The third-order valence-electron chi connectivity index (χ3n) is 7.54. The van der Waals surface area contributed by atoms with Gasteiger partial charge >= 0.3 is 0 Å². The van der Waals surface area contributed by atoms with Gasteiger partial charge in [0.25, 0.3) is 5.91 Å². The number of imide groups is 1. The zero-order valence-corrected chi connectivity index (χ0v) is 16.9. The van der Waals surface area contributed by atoms with Crippen LogP contribution in [0.3, 0.4) is 0 Å². The smallest absolute Gasteiger partial charge is 0.291 e. The van der Waals surface area contributed by atoms with Gasteiger partial charge in [-0.3, -0.25) is 19.3 Å². The average molecular weight is 416 g/mol. The first-order valence-corrected chi connectivity index (χ1v) is 10.9. The van der Waals surface area contributed by atoms with E-state index in [2.05, 4.69) is 5.32 Å². The van der Waals surface area contributed by atoms with E-state index in [1.54, 1.807) is 12.2 Å². The molecular formula is C22H27FN3O4+. The van der Waals surface area contributed by atoms with E-state index in [1.165, 1.54) is 23.1 Å². The highest BCUT2D eigenvalue weighted by Crippen LogP contribution is 2.50. The number of anilines is 1. The summed E-state index contributed by atoms with van der Waals surface area (Å²) in [6.45, 7) is 1.57. The molecule has 4 N–H and O–H groups in total. The second kappa shape index (κ2) is 6.85. The number of carbonyl (C=O) groups is 3. The van der Waals surface area contributed by atoms with Crippen LogP contribution >= 0.6 is 0 Å². The number of aliphatic hydroxyl groups excluding tert-OH is 1. The van der Waals surface area contributed by atoms with E-state index in [0.29, 0.717) is 11.3 Å². The van der Waals surface area contributed by atoms with E-state index < -0.39 is 41.2 Å². The van der Waals surface area contributed by atoms with Crippen molar-refractivity contribution in [3.63, 3.8) is 0 Å². The maximum absolute atomic E-state index is 14.1. The fraction of sp³-hybridized carbons (Fsp3) is 0.591.